The summed E-state index contributed by atoms with van der Waals surface area (Å²) in [4.78, 5) is 16.1. The second-order valence-corrected chi connectivity index (χ2v) is 9.41. The van der Waals surface area contributed by atoms with Crippen LogP contribution in [0.1, 0.15) is 30.4 Å². The van der Waals surface area contributed by atoms with Gasteiger partial charge in [0.15, 0.2) is 0 Å². The van der Waals surface area contributed by atoms with Crippen molar-refractivity contribution in [3.05, 3.63) is 71.8 Å². The number of thioether (sulfide) groups is 1. The molecule has 3 atom stereocenters. The van der Waals surface area contributed by atoms with Gasteiger partial charge in [-0.05, 0) is 22.5 Å². The van der Waals surface area contributed by atoms with Crippen molar-refractivity contribution in [1.82, 2.24) is 9.80 Å². The summed E-state index contributed by atoms with van der Waals surface area (Å²) in [5.74, 6) is 0.697. The molecule has 2 heterocycles. The van der Waals surface area contributed by atoms with Gasteiger partial charge < -0.3 is 36.6 Å². The second kappa shape index (κ2) is 12.6. The third kappa shape index (κ3) is 6.01. The topological polar surface area (TPSA) is 55.8 Å². The van der Waals surface area contributed by atoms with Crippen LogP contribution in [0.15, 0.2) is 60.7 Å². The first-order valence-corrected chi connectivity index (χ1v) is 11.6. The van der Waals surface area contributed by atoms with Crippen LogP contribution in [0.3, 0.4) is 0 Å². The molecule has 5 nitrogen and oxygen atoms in total. The van der Waals surface area contributed by atoms with E-state index in [0.29, 0.717) is 31.9 Å². The van der Waals surface area contributed by atoms with E-state index in [1.54, 1.807) is 7.11 Å². The fraction of sp³-hybridized carbons (Fsp3) is 0.458. The Hall–Kier alpha value is -0.774. The van der Waals surface area contributed by atoms with E-state index >= 15 is 0 Å². The van der Waals surface area contributed by atoms with Crippen LogP contribution in [0.25, 0.3) is 0 Å². The molecule has 2 fully saturated rings. The molecule has 2 aromatic rings. The number of amides is 2. The molecule has 0 radical (unpaired) electrons. The molecule has 3 unspecified atom stereocenters. The zero-order valence-corrected chi connectivity index (χ0v) is 22.3. The van der Waals surface area contributed by atoms with Crippen LogP contribution in [-0.4, -0.2) is 75.4 Å². The van der Waals surface area contributed by atoms with Crippen LogP contribution in [0, 0.1) is 0 Å². The maximum Gasteiger partial charge on any atom is 2.00 e. The van der Waals surface area contributed by atoms with Gasteiger partial charge in [0.25, 0.3) is 0 Å². The molecule has 0 aliphatic carbocycles. The quantitative estimate of drug-likeness (QED) is 0.263. The smallest absolute Gasteiger partial charge is 1.00 e. The van der Waals surface area contributed by atoms with Gasteiger partial charge in [0.1, 0.15) is 0 Å². The molecule has 2 saturated heterocycles. The van der Waals surface area contributed by atoms with E-state index in [9.17, 15) is 9.90 Å². The molecule has 8 heteroatoms. The van der Waals surface area contributed by atoms with E-state index in [1.807, 2.05) is 70.5 Å². The fourth-order valence-corrected chi connectivity index (χ4v) is 6.14. The van der Waals surface area contributed by atoms with Crippen molar-refractivity contribution in [2.24, 2.45) is 0 Å². The van der Waals surface area contributed by atoms with Gasteiger partial charge >= 0.3 is 29.1 Å². The Morgan fingerprint density at radius 1 is 1.00 bits per heavy atom. The summed E-state index contributed by atoms with van der Waals surface area (Å²) in [5, 5.41) is 13.9. The first-order chi connectivity index (χ1) is 14.6. The molecule has 4 rings (SSSR count). The number of carbonyl (C=O) groups excluding carboxylic acids is 1. The molecule has 0 bridgehead atoms. The Morgan fingerprint density at radius 3 is 2.12 bits per heavy atom. The molecular formula is C24H29BrMgN2O3S. The summed E-state index contributed by atoms with van der Waals surface area (Å²) in [5.41, 5.74) is 2.16. The number of rotatable bonds is 9. The summed E-state index contributed by atoms with van der Waals surface area (Å²) in [7, 11) is 1.69. The largest absolute Gasteiger partial charge is 2.00 e. The molecule has 2 aliphatic heterocycles. The van der Waals surface area contributed by atoms with Crippen LogP contribution in [-0.2, 0) is 17.8 Å². The van der Waals surface area contributed by atoms with Crippen LogP contribution < -0.4 is 22.1 Å². The minimum absolute atomic E-state index is 0. The molecular weight excluding hydrogens is 501 g/mol. The first-order valence-electron chi connectivity index (χ1n) is 10.6. The minimum atomic E-state index is -1.17. The summed E-state index contributed by atoms with van der Waals surface area (Å²) in [6.07, 6.45) is 2.25. The molecule has 0 spiro atoms. The Bertz CT molecular complexity index is 848. The molecule has 0 N–H and O–H groups in total. The van der Waals surface area contributed by atoms with Crippen LogP contribution in [0.2, 0.25) is 0 Å². The van der Waals surface area contributed by atoms with E-state index < -0.39 is 4.93 Å². The van der Waals surface area contributed by atoms with Crippen LogP contribution in [0.5, 0.6) is 0 Å². The third-order valence-electron chi connectivity index (χ3n) is 6.06. The van der Waals surface area contributed by atoms with Gasteiger partial charge in [-0.2, -0.15) is 11.8 Å². The van der Waals surface area contributed by atoms with Crippen molar-refractivity contribution in [3.63, 3.8) is 0 Å². The van der Waals surface area contributed by atoms with E-state index in [0.717, 1.165) is 24.0 Å². The Morgan fingerprint density at radius 2 is 1.56 bits per heavy atom. The zero-order valence-electron chi connectivity index (χ0n) is 18.5. The number of hydrogen-bond acceptors (Lipinski definition) is 4. The fourth-order valence-electron chi connectivity index (χ4n) is 4.58. The van der Waals surface area contributed by atoms with Crippen molar-refractivity contribution < 1.29 is 31.6 Å². The van der Waals surface area contributed by atoms with Gasteiger partial charge in [-0.1, -0.05) is 73.5 Å². The average molecular weight is 530 g/mol. The number of fused-ring (bicyclic) bond motifs is 1. The SMILES string of the molecule is COCCCCC1([O-])SCC2C1N(Cc1ccccc1)C(=O)N2Cc1ccccc1.[Br-].[Mg+2]. The minimum Gasteiger partial charge on any atom is -1.00 e. The van der Waals surface area contributed by atoms with E-state index in [2.05, 4.69) is 0 Å². The maximum atomic E-state index is 13.9. The predicted molar refractivity (Wildman–Crippen MR) is 124 cm³/mol. The van der Waals surface area contributed by atoms with Crippen molar-refractivity contribution >= 4 is 40.8 Å². The van der Waals surface area contributed by atoms with Crippen LogP contribution in [0.4, 0.5) is 4.79 Å². The van der Waals surface area contributed by atoms with Gasteiger partial charge in [0.2, 0.25) is 0 Å². The number of benzene rings is 2. The summed E-state index contributed by atoms with van der Waals surface area (Å²) in [6, 6.07) is 19.6. The third-order valence-corrected chi connectivity index (χ3v) is 7.50. The zero-order chi connectivity index (χ0) is 21.0. The van der Waals surface area contributed by atoms with E-state index in [4.69, 9.17) is 4.74 Å². The monoisotopic (exact) mass is 528 g/mol. The number of unbranched alkanes of at least 4 members (excludes halogenated alkanes) is 1. The number of urea groups is 1. The molecule has 2 amide bonds. The summed E-state index contributed by atoms with van der Waals surface area (Å²) < 4.78 is 5.15. The van der Waals surface area contributed by atoms with E-state index in [1.165, 1.54) is 11.8 Å². The molecule has 0 aromatic heterocycles. The van der Waals surface area contributed by atoms with Gasteiger partial charge in [0, 0.05) is 32.6 Å². The summed E-state index contributed by atoms with van der Waals surface area (Å²) in [6.45, 7) is 1.70. The number of halogens is 1. The first kappa shape index (κ1) is 27.5. The van der Waals surface area contributed by atoms with Crippen molar-refractivity contribution in [1.29, 1.82) is 0 Å². The Labute approximate surface area is 221 Å². The van der Waals surface area contributed by atoms with Gasteiger partial charge in [-0.3, -0.25) is 0 Å². The number of methoxy groups -OCH3 is 1. The van der Waals surface area contributed by atoms with Gasteiger partial charge in [-0.15, -0.1) is 0 Å². The Kier molecular flexibility index (Phi) is 10.8. The molecule has 168 valence electrons. The predicted octanol–water partition coefficient (Wildman–Crippen LogP) is 0.105. The maximum absolute atomic E-state index is 13.9. The summed E-state index contributed by atoms with van der Waals surface area (Å²) >= 11 is 1.49. The molecule has 0 saturated carbocycles. The van der Waals surface area contributed by atoms with Crippen molar-refractivity contribution in [2.45, 2.75) is 49.4 Å². The van der Waals surface area contributed by atoms with Gasteiger partial charge in [-0.25, -0.2) is 4.79 Å². The Balaban J connectivity index is 0.00000181. The molecule has 32 heavy (non-hydrogen) atoms. The van der Waals surface area contributed by atoms with Gasteiger partial charge in [0.05, 0.1) is 12.1 Å². The van der Waals surface area contributed by atoms with Crippen LogP contribution >= 0.6 is 11.8 Å². The number of ether oxygens (including phenoxy) is 1. The second-order valence-electron chi connectivity index (χ2n) is 8.09. The number of hydrogen-bond donors (Lipinski definition) is 0. The molecule has 2 aliphatic rings. The standard InChI is InChI=1S/C24H29N2O3S.BrH.Mg/c1-29-15-9-8-14-24(28)22-21(18-30-24)25(16-19-10-4-2-5-11-19)23(27)26(22)17-20-12-6-3-7-13-20;;/h2-7,10-13,21-22H,8-9,14-18H2,1H3;1H;/q-1;;+2/p-1. The number of nitrogens with zero attached hydrogens (tertiary/aromatic N) is 2. The van der Waals surface area contributed by atoms with E-state index in [-0.39, 0.29) is 58.1 Å². The average Bonchev–Trinajstić information content (AvgIpc) is 3.24. The number of carbonyl (C=O) groups is 1. The molecule has 2 aromatic carbocycles. The van der Waals surface area contributed by atoms with Crippen molar-refractivity contribution in [2.75, 3.05) is 19.5 Å². The van der Waals surface area contributed by atoms with Crippen molar-refractivity contribution in [3.8, 4) is 0 Å². The normalized spacial score (nSPS) is 24.1.